The van der Waals surface area contributed by atoms with Gasteiger partial charge in [0.1, 0.15) is 5.75 Å². The normalized spacial score (nSPS) is 15.1. The van der Waals surface area contributed by atoms with Crippen LogP contribution in [0.25, 0.3) is 10.9 Å². The van der Waals surface area contributed by atoms with Crippen molar-refractivity contribution in [1.29, 1.82) is 0 Å². The second-order valence-corrected chi connectivity index (χ2v) is 8.35. The molecule has 3 aromatic rings. The Bertz CT molecular complexity index is 1100. The summed E-state index contributed by atoms with van der Waals surface area (Å²) >= 11 is 0. The zero-order valence-corrected chi connectivity index (χ0v) is 19.1. The van der Waals surface area contributed by atoms with Crippen molar-refractivity contribution in [3.05, 3.63) is 65.4 Å². The highest BCUT2D eigenvalue weighted by Crippen LogP contribution is 2.35. The summed E-state index contributed by atoms with van der Waals surface area (Å²) in [6.07, 6.45) is 3.39. The van der Waals surface area contributed by atoms with Crippen molar-refractivity contribution in [2.75, 3.05) is 33.3 Å². The zero-order valence-electron chi connectivity index (χ0n) is 19.1. The van der Waals surface area contributed by atoms with Crippen LogP contribution in [-0.4, -0.2) is 59.9 Å². The van der Waals surface area contributed by atoms with Crippen LogP contribution >= 0.6 is 0 Å². The van der Waals surface area contributed by atoms with Crippen LogP contribution in [-0.2, 0) is 16.0 Å². The van der Waals surface area contributed by atoms with Crippen LogP contribution < -0.4 is 4.74 Å². The van der Waals surface area contributed by atoms with E-state index in [1.165, 1.54) is 10.9 Å². The van der Waals surface area contributed by atoms with E-state index in [0.717, 1.165) is 28.8 Å². The maximum absolute atomic E-state index is 13.3. The van der Waals surface area contributed by atoms with Crippen LogP contribution in [0.4, 0.5) is 0 Å². The van der Waals surface area contributed by atoms with E-state index in [1.54, 1.807) is 18.9 Å². The molecule has 1 atom stereocenters. The number of amides is 2. The first-order chi connectivity index (χ1) is 15.5. The number of hydrogen-bond donors (Lipinski definition) is 1. The Hall–Kier alpha value is -3.28. The Kier molecular flexibility index (Phi) is 6.49. The summed E-state index contributed by atoms with van der Waals surface area (Å²) < 4.78 is 5.33. The van der Waals surface area contributed by atoms with Gasteiger partial charge in [-0.05, 0) is 35.2 Å². The van der Waals surface area contributed by atoms with Gasteiger partial charge in [0.15, 0.2) is 0 Å². The number of nitrogens with one attached hydrogen (secondary N) is 1. The summed E-state index contributed by atoms with van der Waals surface area (Å²) in [5.41, 5.74) is 4.64. The van der Waals surface area contributed by atoms with Crippen molar-refractivity contribution in [3.63, 3.8) is 0 Å². The minimum atomic E-state index is -0.0694. The van der Waals surface area contributed by atoms with E-state index in [4.69, 9.17) is 4.74 Å². The molecular weight excluding hydrogens is 402 g/mol. The number of benzene rings is 2. The van der Waals surface area contributed by atoms with E-state index in [-0.39, 0.29) is 17.7 Å². The summed E-state index contributed by atoms with van der Waals surface area (Å²) in [5.74, 6) is 0.917. The molecule has 32 heavy (non-hydrogen) atoms. The van der Waals surface area contributed by atoms with E-state index in [0.29, 0.717) is 32.6 Å². The van der Waals surface area contributed by atoms with Gasteiger partial charge >= 0.3 is 0 Å². The fourth-order valence-corrected chi connectivity index (χ4v) is 4.64. The number of nitrogens with zero attached hydrogens (tertiary/aromatic N) is 2. The molecule has 6 heteroatoms. The number of H-pyrrole nitrogens is 1. The number of aryl methyl sites for hydroxylation is 1. The zero-order chi connectivity index (χ0) is 22.7. The summed E-state index contributed by atoms with van der Waals surface area (Å²) in [6, 6.07) is 14.4. The molecule has 1 saturated heterocycles. The third kappa shape index (κ3) is 4.35. The minimum absolute atomic E-state index is 0.0683. The molecule has 168 valence electrons. The van der Waals surface area contributed by atoms with Gasteiger partial charge in [-0.15, -0.1) is 0 Å². The average molecular weight is 434 g/mol. The smallest absolute Gasteiger partial charge is 0.223 e. The molecule has 1 aliphatic heterocycles. The molecule has 1 N–H and O–H groups in total. The van der Waals surface area contributed by atoms with Crippen LogP contribution in [0.1, 0.15) is 42.9 Å². The molecule has 1 unspecified atom stereocenters. The predicted octanol–water partition coefficient (Wildman–Crippen LogP) is 3.95. The van der Waals surface area contributed by atoms with Crippen molar-refractivity contribution in [2.24, 2.45) is 0 Å². The molecule has 0 radical (unpaired) electrons. The molecule has 6 nitrogen and oxygen atoms in total. The summed E-state index contributed by atoms with van der Waals surface area (Å²) in [4.78, 5) is 32.1. The molecule has 1 fully saturated rings. The first-order valence-electron chi connectivity index (χ1n) is 11.3. The van der Waals surface area contributed by atoms with Gasteiger partial charge in [-0.25, -0.2) is 0 Å². The quantitative estimate of drug-likeness (QED) is 0.640. The van der Waals surface area contributed by atoms with Crippen molar-refractivity contribution in [1.82, 2.24) is 14.8 Å². The lowest BCUT2D eigenvalue weighted by atomic mass is 9.87. The van der Waals surface area contributed by atoms with Gasteiger partial charge in [0.2, 0.25) is 11.8 Å². The lowest BCUT2D eigenvalue weighted by molar-refractivity contribution is -0.138. The monoisotopic (exact) mass is 433 g/mol. The summed E-state index contributed by atoms with van der Waals surface area (Å²) in [7, 11) is 1.66. The van der Waals surface area contributed by atoms with Crippen molar-refractivity contribution in [3.8, 4) is 5.75 Å². The summed E-state index contributed by atoms with van der Waals surface area (Å²) in [6.45, 7) is 6.10. The van der Waals surface area contributed by atoms with Gasteiger partial charge in [-0.3, -0.25) is 9.59 Å². The maximum Gasteiger partial charge on any atom is 0.223 e. The molecule has 4 rings (SSSR count). The number of fused-ring (bicyclic) bond motifs is 1. The van der Waals surface area contributed by atoms with E-state index in [2.05, 4.69) is 36.3 Å². The number of para-hydroxylation sites is 1. The Morgan fingerprint density at radius 1 is 1.03 bits per heavy atom. The van der Waals surface area contributed by atoms with E-state index in [9.17, 15) is 9.59 Å². The number of carbonyl (C=O) groups is 2. The molecule has 2 heterocycles. The topological polar surface area (TPSA) is 65.6 Å². The second kappa shape index (κ2) is 9.47. The van der Waals surface area contributed by atoms with E-state index >= 15 is 0 Å². The number of aromatic amines is 1. The Labute approximate surface area is 189 Å². The number of piperazine rings is 1. The molecule has 1 aliphatic rings. The number of hydrogen-bond acceptors (Lipinski definition) is 3. The molecule has 2 aromatic carbocycles. The third-order valence-electron chi connectivity index (χ3n) is 6.56. The Morgan fingerprint density at radius 3 is 2.34 bits per heavy atom. The highest BCUT2D eigenvalue weighted by molar-refractivity contribution is 5.88. The van der Waals surface area contributed by atoms with Gasteiger partial charge in [0.05, 0.1) is 7.11 Å². The van der Waals surface area contributed by atoms with Crippen LogP contribution in [0.5, 0.6) is 5.75 Å². The number of aromatic nitrogens is 1. The molecule has 1 aromatic heterocycles. The predicted molar refractivity (Wildman–Crippen MR) is 126 cm³/mol. The first kappa shape index (κ1) is 21.9. The average Bonchev–Trinajstić information content (AvgIpc) is 3.26. The Morgan fingerprint density at radius 2 is 1.72 bits per heavy atom. The van der Waals surface area contributed by atoms with Gasteiger partial charge in [-0.1, -0.05) is 37.3 Å². The molecular formula is C26H31N3O3. The molecule has 0 bridgehead atoms. The van der Waals surface area contributed by atoms with Gasteiger partial charge in [-0.2, -0.15) is 0 Å². The maximum atomic E-state index is 13.3. The largest absolute Gasteiger partial charge is 0.497 e. The van der Waals surface area contributed by atoms with E-state index in [1.807, 2.05) is 29.2 Å². The fraction of sp³-hybridized carbons (Fsp3) is 0.385. The highest BCUT2D eigenvalue weighted by Gasteiger charge is 2.27. The number of ether oxygens (including phenoxy) is 1. The highest BCUT2D eigenvalue weighted by atomic mass is 16.5. The third-order valence-corrected chi connectivity index (χ3v) is 6.56. The molecule has 0 aliphatic carbocycles. The number of methoxy groups -OCH3 is 1. The lowest BCUT2D eigenvalue weighted by Crippen LogP contribution is -2.50. The SMILES string of the molecule is CCc1cccc2c(C(CC(=O)N3CCN(C(C)=O)CC3)c3ccc(OC)cc3)c[nH]c12. The van der Waals surface area contributed by atoms with Gasteiger partial charge in [0.25, 0.3) is 0 Å². The van der Waals surface area contributed by atoms with Gasteiger partial charge in [0, 0.05) is 62.5 Å². The van der Waals surface area contributed by atoms with Crippen LogP contribution in [0.15, 0.2) is 48.7 Å². The van der Waals surface area contributed by atoms with Crippen LogP contribution in [0, 0.1) is 0 Å². The second-order valence-electron chi connectivity index (χ2n) is 8.35. The van der Waals surface area contributed by atoms with Crippen molar-refractivity contribution < 1.29 is 14.3 Å². The molecule has 2 amide bonds. The van der Waals surface area contributed by atoms with Crippen LogP contribution in [0.2, 0.25) is 0 Å². The first-order valence-corrected chi connectivity index (χ1v) is 11.3. The molecule has 0 spiro atoms. The number of carbonyl (C=O) groups excluding carboxylic acids is 2. The van der Waals surface area contributed by atoms with E-state index < -0.39 is 0 Å². The summed E-state index contributed by atoms with van der Waals surface area (Å²) in [5, 5.41) is 1.17. The fourth-order valence-electron chi connectivity index (χ4n) is 4.64. The van der Waals surface area contributed by atoms with Crippen LogP contribution in [0.3, 0.4) is 0 Å². The Balaban J connectivity index is 1.65. The molecule has 0 saturated carbocycles. The van der Waals surface area contributed by atoms with Gasteiger partial charge < -0.3 is 19.5 Å². The van der Waals surface area contributed by atoms with Crippen molar-refractivity contribution in [2.45, 2.75) is 32.6 Å². The number of rotatable bonds is 6. The standard InChI is InChI=1S/C26H31N3O3/c1-4-19-6-5-7-22-24(17-27-26(19)22)23(20-8-10-21(32-3)11-9-20)16-25(31)29-14-12-28(13-15-29)18(2)30/h5-11,17,23,27H,4,12-16H2,1-3H3. The lowest BCUT2D eigenvalue weighted by Gasteiger charge is -2.35. The van der Waals surface area contributed by atoms with Crippen molar-refractivity contribution >= 4 is 22.7 Å². The minimum Gasteiger partial charge on any atom is -0.497 e.